The summed E-state index contributed by atoms with van der Waals surface area (Å²) in [5.74, 6) is 0. The first kappa shape index (κ1) is 16.2. The van der Waals surface area contributed by atoms with Crippen molar-refractivity contribution in [3.63, 3.8) is 0 Å². The summed E-state index contributed by atoms with van der Waals surface area (Å²) in [6.07, 6.45) is -0.141. The first-order valence-corrected chi connectivity index (χ1v) is 8.76. The SMILES string of the molecule is CN(CC1CNCCO1)S(=O)(=O)c1ccc(Br)cc1Cl. The zero-order valence-electron chi connectivity index (χ0n) is 11.0. The molecule has 2 rings (SSSR count). The minimum atomic E-state index is -3.61. The van der Waals surface area contributed by atoms with Gasteiger partial charge in [0, 0.05) is 31.2 Å². The van der Waals surface area contributed by atoms with Gasteiger partial charge in [-0.2, -0.15) is 4.31 Å². The van der Waals surface area contributed by atoms with Crippen molar-refractivity contribution in [2.24, 2.45) is 0 Å². The molecule has 0 aromatic heterocycles. The van der Waals surface area contributed by atoms with Gasteiger partial charge in [0.1, 0.15) is 4.90 Å². The highest BCUT2D eigenvalue weighted by Crippen LogP contribution is 2.27. The van der Waals surface area contributed by atoms with Crippen molar-refractivity contribution >= 4 is 37.6 Å². The number of rotatable bonds is 4. The third-order valence-corrected chi connectivity index (χ3v) is 5.85. The lowest BCUT2D eigenvalue weighted by Gasteiger charge is -2.27. The fraction of sp³-hybridized carbons (Fsp3) is 0.500. The monoisotopic (exact) mass is 382 g/mol. The van der Waals surface area contributed by atoms with E-state index in [1.807, 2.05) is 0 Å². The maximum absolute atomic E-state index is 12.5. The Morgan fingerprint density at radius 3 is 2.90 bits per heavy atom. The second-order valence-corrected chi connectivity index (χ2v) is 7.89. The summed E-state index contributed by atoms with van der Waals surface area (Å²) in [5, 5.41) is 3.37. The van der Waals surface area contributed by atoms with Gasteiger partial charge in [0.2, 0.25) is 10.0 Å². The van der Waals surface area contributed by atoms with E-state index in [0.717, 1.165) is 11.0 Å². The van der Waals surface area contributed by atoms with Crippen molar-refractivity contribution in [1.29, 1.82) is 0 Å². The summed E-state index contributed by atoms with van der Waals surface area (Å²) in [4.78, 5) is 0.105. The van der Waals surface area contributed by atoms with Gasteiger partial charge in [-0.15, -0.1) is 0 Å². The molecular formula is C12H16BrClN2O3S. The summed E-state index contributed by atoms with van der Waals surface area (Å²) >= 11 is 9.28. The van der Waals surface area contributed by atoms with Gasteiger partial charge in [0.05, 0.1) is 17.7 Å². The summed E-state index contributed by atoms with van der Waals surface area (Å²) < 4.78 is 32.5. The predicted octanol–water partition coefficient (Wildman–Crippen LogP) is 1.71. The third kappa shape index (κ3) is 3.72. The molecule has 1 atom stereocenters. The Hall–Kier alpha value is -0.180. The number of hydrogen-bond donors (Lipinski definition) is 1. The molecule has 5 nitrogen and oxygen atoms in total. The number of nitrogens with one attached hydrogen (secondary N) is 1. The van der Waals surface area contributed by atoms with Crippen molar-refractivity contribution in [3.8, 4) is 0 Å². The minimum absolute atomic E-state index is 0.105. The fourth-order valence-electron chi connectivity index (χ4n) is 1.97. The van der Waals surface area contributed by atoms with E-state index < -0.39 is 10.0 Å². The zero-order valence-corrected chi connectivity index (χ0v) is 14.1. The fourth-order valence-corrected chi connectivity index (χ4v) is 4.18. The Balaban J connectivity index is 2.16. The molecule has 8 heteroatoms. The third-order valence-electron chi connectivity index (χ3n) is 3.05. The van der Waals surface area contributed by atoms with Gasteiger partial charge >= 0.3 is 0 Å². The molecule has 112 valence electrons. The molecule has 1 unspecified atom stereocenters. The summed E-state index contributed by atoms with van der Waals surface area (Å²) in [7, 11) is -2.08. The predicted molar refractivity (Wildman–Crippen MR) is 81.6 cm³/mol. The zero-order chi connectivity index (χ0) is 14.8. The summed E-state index contributed by atoms with van der Waals surface area (Å²) in [6.45, 7) is 2.33. The standard InChI is InChI=1S/C12H16BrClN2O3S/c1-16(8-10-7-15-4-5-19-10)20(17,18)12-3-2-9(13)6-11(12)14/h2-3,6,10,15H,4-5,7-8H2,1H3. The van der Waals surface area contributed by atoms with Crippen LogP contribution in [0.1, 0.15) is 0 Å². The smallest absolute Gasteiger partial charge is 0.244 e. The van der Waals surface area contributed by atoms with Crippen molar-refractivity contribution in [3.05, 3.63) is 27.7 Å². The number of hydrogen-bond acceptors (Lipinski definition) is 4. The first-order chi connectivity index (χ1) is 9.41. The van der Waals surface area contributed by atoms with Crippen molar-refractivity contribution in [2.75, 3.05) is 33.3 Å². The van der Waals surface area contributed by atoms with Gasteiger partial charge in [-0.05, 0) is 18.2 Å². The largest absolute Gasteiger partial charge is 0.374 e. The normalized spacial score (nSPS) is 20.3. The van der Waals surface area contributed by atoms with Crippen LogP contribution in [0.15, 0.2) is 27.6 Å². The molecular weight excluding hydrogens is 368 g/mol. The van der Waals surface area contributed by atoms with E-state index in [0.29, 0.717) is 19.7 Å². The summed E-state index contributed by atoms with van der Waals surface area (Å²) in [6, 6.07) is 4.73. The Morgan fingerprint density at radius 2 is 2.30 bits per heavy atom. The average molecular weight is 384 g/mol. The molecule has 0 saturated carbocycles. The number of ether oxygens (including phenoxy) is 1. The molecule has 1 N–H and O–H groups in total. The van der Waals surface area contributed by atoms with Gasteiger partial charge in [-0.25, -0.2) is 8.42 Å². The number of benzene rings is 1. The number of morpholine rings is 1. The second-order valence-electron chi connectivity index (χ2n) is 4.56. The molecule has 1 fully saturated rings. The number of likely N-dealkylation sites (N-methyl/N-ethyl adjacent to an activating group) is 1. The first-order valence-electron chi connectivity index (χ1n) is 6.15. The summed E-state index contributed by atoms with van der Waals surface area (Å²) in [5.41, 5.74) is 0. The quantitative estimate of drug-likeness (QED) is 0.860. The van der Waals surface area contributed by atoms with E-state index in [9.17, 15) is 8.42 Å². The lowest BCUT2D eigenvalue weighted by atomic mass is 10.3. The molecule has 1 aromatic rings. The van der Waals surface area contributed by atoms with Crippen molar-refractivity contribution < 1.29 is 13.2 Å². The van der Waals surface area contributed by atoms with Gasteiger partial charge in [0.25, 0.3) is 0 Å². The average Bonchev–Trinajstić information content (AvgIpc) is 2.39. The molecule has 20 heavy (non-hydrogen) atoms. The Labute approximate surface area is 132 Å². The van der Waals surface area contributed by atoms with Crippen LogP contribution < -0.4 is 5.32 Å². The van der Waals surface area contributed by atoms with Crippen LogP contribution in [-0.4, -0.2) is 52.1 Å². The number of sulfonamides is 1. The van der Waals surface area contributed by atoms with Crippen LogP contribution in [0.2, 0.25) is 5.02 Å². The van der Waals surface area contributed by atoms with Gasteiger partial charge in [0.15, 0.2) is 0 Å². The van der Waals surface area contributed by atoms with E-state index in [1.165, 1.54) is 17.4 Å². The minimum Gasteiger partial charge on any atom is -0.374 e. The second kappa shape index (κ2) is 6.72. The van der Waals surface area contributed by atoms with Crippen LogP contribution in [0.4, 0.5) is 0 Å². The van der Waals surface area contributed by atoms with Crippen LogP contribution >= 0.6 is 27.5 Å². The lowest BCUT2D eigenvalue weighted by Crippen LogP contribution is -2.45. The maximum Gasteiger partial charge on any atom is 0.244 e. The molecule has 0 bridgehead atoms. The number of halogens is 2. The molecule has 0 radical (unpaired) electrons. The van der Waals surface area contributed by atoms with Crippen molar-refractivity contribution in [2.45, 2.75) is 11.0 Å². The molecule has 1 aliphatic heterocycles. The van der Waals surface area contributed by atoms with E-state index in [2.05, 4.69) is 21.2 Å². The van der Waals surface area contributed by atoms with E-state index in [4.69, 9.17) is 16.3 Å². The van der Waals surface area contributed by atoms with Crippen LogP contribution in [0.5, 0.6) is 0 Å². The van der Waals surface area contributed by atoms with E-state index >= 15 is 0 Å². The van der Waals surface area contributed by atoms with Crippen LogP contribution in [0.25, 0.3) is 0 Å². The lowest BCUT2D eigenvalue weighted by molar-refractivity contribution is 0.0206. The van der Waals surface area contributed by atoms with E-state index in [1.54, 1.807) is 12.1 Å². The molecule has 1 saturated heterocycles. The highest BCUT2D eigenvalue weighted by Gasteiger charge is 2.27. The molecule has 1 heterocycles. The topological polar surface area (TPSA) is 58.6 Å². The van der Waals surface area contributed by atoms with E-state index in [-0.39, 0.29) is 16.0 Å². The van der Waals surface area contributed by atoms with Gasteiger partial charge in [-0.3, -0.25) is 0 Å². The highest BCUT2D eigenvalue weighted by atomic mass is 79.9. The van der Waals surface area contributed by atoms with Gasteiger partial charge in [-0.1, -0.05) is 27.5 Å². The Bertz CT molecular complexity index is 576. The molecule has 1 aliphatic rings. The maximum atomic E-state index is 12.5. The molecule has 0 spiro atoms. The van der Waals surface area contributed by atoms with Crippen LogP contribution in [-0.2, 0) is 14.8 Å². The molecule has 1 aromatic carbocycles. The van der Waals surface area contributed by atoms with Gasteiger partial charge < -0.3 is 10.1 Å². The Morgan fingerprint density at radius 1 is 1.55 bits per heavy atom. The number of nitrogens with zero attached hydrogens (tertiary/aromatic N) is 1. The van der Waals surface area contributed by atoms with Crippen LogP contribution in [0, 0.1) is 0 Å². The molecule has 0 aliphatic carbocycles. The highest BCUT2D eigenvalue weighted by molar-refractivity contribution is 9.10. The molecule has 0 amide bonds. The van der Waals surface area contributed by atoms with Crippen molar-refractivity contribution in [1.82, 2.24) is 9.62 Å². The van der Waals surface area contributed by atoms with Crippen LogP contribution in [0.3, 0.4) is 0 Å². The Kier molecular flexibility index (Phi) is 5.44.